The lowest BCUT2D eigenvalue weighted by Gasteiger charge is -2.08. The van der Waals surface area contributed by atoms with Gasteiger partial charge < -0.3 is 5.32 Å². The number of carbonyl (C=O) groups is 1. The lowest BCUT2D eigenvalue weighted by molar-refractivity contribution is 0.0953. The molecule has 2 aromatic rings. The van der Waals surface area contributed by atoms with E-state index in [1.807, 2.05) is 0 Å². The Morgan fingerprint density at radius 1 is 1.23 bits per heavy atom. The van der Waals surface area contributed by atoms with Crippen LogP contribution in [0.2, 0.25) is 0 Å². The molecule has 2 rings (SSSR count). The van der Waals surface area contributed by atoms with E-state index < -0.39 is 11.2 Å². The first kappa shape index (κ1) is 15.9. The van der Waals surface area contributed by atoms with Crippen LogP contribution in [0.15, 0.2) is 21.9 Å². The topological polar surface area (TPSA) is 86.0 Å². The van der Waals surface area contributed by atoms with Crippen molar-refractivity contribution in [2.24, 2.45) is 14.1 Å². The van der Waals surface area contributed by atoms with Gasteiger partial charge in [0.05, 0.1) is 10.9 Å². The molecule has 0 aliphatic heterocycles. The van der Waals surface area contributed by atoms with E-state index >= 15 is 0 Å². The van der Waals surface area contributed by atoms with Crippen molar-refractivity contribution in [2.75, 3.05) is 6.54 Å². The van der Waals surface area contributed by atoms with Gasteiger partial charge in [0.2, 0.25) is 0 Å². The van der Waals surface area contributed by atoms with Crippen LogP contribution >= 0.6 is 0 Å². The average molecular weight is 304 g/mol. The smallest absolute Gasteiger partial charge is 0.332 e. The van der Waals surface area contributed by atoms with Gasteiger partial charge >= 0.3 is 5.69 Å². The lowest BCUT2D eigenvalue weighted by Crippen LogP contribution is -2.37. The second kappa shape index (κ2) is 6.55. The van der Waals surface area contributed by atoms with Crippen LogP contribution in [0.1, 0.15) is 36.5 Å². The van der Waals surface area contributed by atoms with E-state index in [1.54, 1.807) is 7.05 Å². The molecule has 1 amide bonds. The number of unbranched alkanes of at least 4 members (excludes halogenated alkanes) is 2. The number of rotatable bonds is 5. The summed E-state index contributed by atoms with van der Waals surface area (Å²) < 4.78 is 2.30. The van der Waals surface area contributed by atoms with Gasteiger partial charge in [-0.1, -0.05) is 19.8 Å². The summed E-state index contributed by atoms with van der Waals surface area (Å²) in [4.78, 5) is 40.2. The van der Waals surface area contributed by atoms with Crippen molar-refractivity contribution < 1.29 is 4.79 Å². The van der Waals surface area contributed by atoms with E-state index in [1.165, 1.54) is 23.9 Å². The third kappa shape index (κ3) is 2.93. The second-order valence-corrected chi connectivity index (χ2v) is 5.26. The van der Waals surface area contributed by atoms with Gasteiger partial charge in [-0.05, 0) is 12.5 Å². The van der Waals surface area contributed by atoms with Crippen LogP contribution in [-0.2, 0) is 14.1 Å². The summed E-state index contributed by atoms with van der Waals surface area (Å²) in [5.74, 6) is -0.263. The zero-order chi connectivity index (χ0) is 16.3. The monoisotopic (exact) mass is 304 g/mol. The zero-order valence-electron chi connectivity index (χ0n) is 13.0. The highest BCUT2D eigenvalue weighted by Crippen LogP contribution is 2.07. The molecule has 0 saturated heterocycles. The largest absolute Gasteiger partial charge is 0.352 e. The Morgan fingerprint density at radius 2 is 1.95 bits per heavy atom. The van der Waals surface area contributed by atoms with Crippen molar-refractivity contribution in [1.29, 1.82) is 0 Å². The molecule has 7 nitrogen and oxygen atoms in total. The van der Waals surface area contributed by atoms with E-state index in [-0.39, 0.29) is 16.9 Å². The predicted molar refractivity (Wildman–Crippen MR) is 84.1 cm³/mol. The fourth-order valence-corrected chi connectivity index (χ4v) is 2.27. The van der Waals surface area contributed by atoms with Crippen molar-refractivity contribution in [3.05, 3.63) is 38.7 Å². The maximum atomic E-state index is 12.2. The number of nitrogens with zero attached hydrogens (tertiary/aromatic N) is 3. The molecule has 7 heteroatoms. The van der Waals surface area contributed by atoms with Crippen molar-refractivity contribution >= 4 is 16.9 Å². The molecule has 0 atom stereocenters. The fraction of sp³-hybridized carbons (Fsp3) is 0.467. The van der Waals surface area contributed by atoms with Crippen molar-refractivity contribution in [1.82, 2.24) is 19.4 Å². The summed E-state index contributed by atoms with van der Waals surface area (Å²) in [5.41, 5.74) is -0.302. The van der Waals surface area contributed by atoms with Gasteiger partial charge in [-0.25, -0.2) is 9.78 Å². The lowest BCUT2D eigenvalue weighted by atomic mass is 10.2. The molecule has 0 unspecified atom stereocenters. The van der Waals surface area contributed by atoms with E-state index in [0.29, 0.717) is 12.1 Å². The molecule has 0 radical (unpaired) electrons. The molecule has 0 spiro atoms. The summed E-state index contributed by atoms with van der Waals surface area (Å²) in [6, 6.07) is 1.49. The van der Waals surface area contributed by atoms with E-state index in [9.17, 15) is 14.4 Å². The molecule has 22 heavy (non-hydrogen) atoms. The van der Waals surface area contributed by atoms with Gasteiger partial charge in [-0.3, -0.25) is 18.7 Å². The Labute approximate surface area is 127 Å². The molecular formula is C15H20N4O3. The van der Waals surface area contributed by atoms with Crippen LogP contribution in [0.25, 0.3) is 11.0 Å². The minimum absolute atomic E-state index is 0.255. The average Bonchev–Trinajstić information content (AvgIpc) is 2.54. The molecule has 0 saturated carbocycles. The van der Waals surface area contributed by atoms with Gasteiger partial charge in [0.25, 0.3) is 11.5 Å². The molecule has 0 aromatic carbocycles. The second-order valence-electron chi connectivity index (χ2n) is 5.26. The number of nitrogens with one attached hydrogen (secondary N) is 1. The van der Waals surface area contributed by atoms with Gasteiger partial charge in [0.1, 0.15) is 5.65 Å². The van der Waals surface area contributed by atoms with E-state index in [0.717, 1.165) is 23.8 Å². The molecule has 0 aliphatic rings. The van der Waals surface area contributed by atoms with E-state index in [2.05, 4.69) is 17.2 Å². The summed E-state index contributed by atoms with van der Waals surface area (Å²) in [7, 11) is 2.95. The van der Waals surface area contributed by atoms with Crippen LogP contribution in [0.3, 0.4) is 0 Å². The Hall–Kier alpha value is -2.44. The molecule has 2 aromatic heterocycles. The Balaban J connectivity index is 2.37. The van der Waals surface area contributed by atoms with E-state index in [4.69, 9.17) is 0 Å². The number of amides is 1. The summed E-state index contributed by atoms with van der Waals surface area (Å²) in [5, 5.41) is 3.06. The normalized spacial score (nSPS) is 10.9. The first-order valence-electron chi connectivity index (χ1n) is 7.31. The standard InChI is InChI=1S/C15H20N4O3/c1-4-5-6-7-16-13(20)10-8-11-12(17-9-10)18(2)15(22)19(3)14(11)21/h8-9H,4-7H2,1-3H3,(H,16,20). The van der Waals surface area contributed by atoms with Gasteiger partial charge in [-0.15, -0.1) is 0 Å². The predicted octanol–water partition coefficient (Wildman–Crippen LogP) is 0.552. The summed E-state index contributed by atoms with van der Waals surface area (Å²) >= 11 is 0. The van der Waals surface area contributed by atoms with Crippen molar-refractivity contribution in [3.8, 4) is 0 Å². The molecule has 0 aliphatic carbocycles. The maximum Gasteiger partial charge on any atom is 0.332 e. The number of fused-ring (bicyclic) bond motifs is 1. The van der Waals surface area contributed by atoms with Crippen LogP contribution in [0, 0.1) is 0 Å². The molecule has 2 heterocycles. The third-order valence-corrected chi connectivity index (χ3v) is 3.62. The Kier molecular flexibility index (Phi) is 4.75. The number of pyridine rings is 1. The van der Waals surface area contributed by atoms with Crippen LogP contribution in [0.5, 0.6) is 0 Å². The zero-order valence-corrected chi connectivity index (χ0v) is 13.0. The first-order chi connectivity index (χ1) is 10.5. The van der Waals surface area contributed by atoms with Crippen LogP contribution in [-0.4, -0.2) is 26.6 Å². The fourth-order valence-electron chi connectivity index (χ4n) is 2.27. The van der Waals surface area contributed by atoms with Gasteiger partial charge in [0.15, 0.2) is 0 Å². The minimum atomic E-state index is -0.453. The summed E-state index contributed by atoms with van der Waals surface area (Å²) in [6.45, 7) is 2.69. The molecular weight excluding hydrogens is 284 g/mol. The summed E-state index contributed by atoms with van der Waals surface area (Å²) in [6.07, 6.45) is 4.44. The molecule has 1 N–H and O–H groups in total. The SMILES string of the molecule is CCCCCNC(=O)c1cnc2c(c1)c(=O)n(C)c(=O)n2C. The highest BCUT2D eigenvalue weighted by atomic mass is 16.2. The molecule has 0 bridgehead atoms. The maximum absolute atomic E-state index is 12.2. The van der Waals surface area contributed by atoms with Crippen molar-refractivity contribution in [3.63, 3.8) is 0 Å². The quantitative estimate of drug-likeness (QED) is 0.817. The number of hydrogen-bond acceptors (Lipinski definition) is 4. The number of hydrogen-bond donors (Lipinski definition) is 1. The van der Waals surface area contributed by atoms with Crippen LogP contribution < -0.4 is 16.6 Å². The minimum Gasteiger partial charge on any atom is -0.352 e. The highest BCUT2D eigenvalue weighted by molar-refractivity contribution is 5.96. The molecule has 0 fully saturated rings. The van der Waals surface area contributed by atoms with Gasteiger partial charge in [0, 0.05) is 26.8 Å². The number of carbonyl (C=O) groups excluding carboxylic acids is 1. The Bertz CT molecular complexity index is 820. The van der Waals surface area contributed by atoms with Gasteiger partial charge in [-0.2, -0.15) is 0 Å². The number of aryl methyl sites for hydroxylation is 1. The van der Waals surface area contributed by atoms with Crippen molar-refractivity contribution in [2.45, 2.75) is 26.2 Å². The molecule has 118 valence electrons. The Morgan fingerprint density at radius 3 is 2.64 bits per heavy atom. The third-order valence-electron chi connectivity index (χ3n) is 3.62. The number of aromatic nitrogens is 3. The first-order valence-corrected chi connectivity index (χ1v) is 7.31. The highest BCUT2D eigenvalue weighted by Gasteiger charge is 2.13. The van der Waals surface area contributed by atoms with Crippen LogP contribution in [0.4, 0.5) is 0 Å².